The fourth-order valence-electron chi connectivity index (χ4n) is 3.39. The van der Waals surface area contributed by atoms with E-state index in [2.05, 4.69) is 5.32 Å². The molecule has 0 aromatic heterocycles. The summed E-state index contributed by atoms with van der Waals surface area (Å²) in [7, 11) is -1.47. The topological polar surface area (TPSA) is 83.6 Å². The number of amides is 2. The SMILES string of the molecule is CN(C(=O)C1(C(=O)NCCc2ccc(Cl)cc2)CC1)C1CCS(=O)(=O)C1. The predicted octanol–water partition coefficient (Wildman–Crippen LogP) is 1.42. The first-order valence-corrected chi connectivity index (χ1v) is 10.9. The van der Waals surface area contributed by atoms with Gasteiger partial charge in [0.1, 0.15) is 5.41 Å². The van der Waals surface area contributed by atoms with Crippen LogP contribution in [0.25, 0.3) is 0 Å². The molecule has 3 rings (SSSR count). The highest BCUT2D eigenvalue weighted by atomic mass is 35.5. The van der Waals surface area contributed by atoms with Gasteiger partial charge >= 0.3 is 0 Å². The molecule has 2 amide bonds. The summed E-state index contributed by atoms with van der Waals surface area (Å²) >= 11 is 5.85. The van der Waals surface area contributed by atoms with E-state index in [-0.39, 0.29) is 29.4 Å². The summed E-state index contributed by atoms with van der Waals surface area (Å²) in [6, 6.07) is 7.08. The third-order valence-corrected chi connectivity index (χ3v) is 7.29. The zero-order chi connectivity index (χ0) is 18.9. The molecule has 0 bridgehead atoms. The number of sulfone groups is 1. The largest absolute Gasteiger partial charge is 0.355 e. The number of nitrogens with zero attached hydrogens (tertiary/aromatic N) is 1. The van der Waals surface area contributed by atoms with Gasteiger partial charge in [-0.15, -0.1) is 0 Å². The Morgan fingerprint density at radius 1 is 1.27 bits per heavy atom. The van der Waals surface area contributed by atoms with Gasteiger partial charge in [0.15, 0.2) is 9.84 Å². The fourth-order valence-corrected chi connectivity index (χ4v) is 5.29. The van der Waals surface area contributed by atoms with Crippen molar-refractivity contribution in [1.82, 2.24) is 10.2 Å². The molecule has 6 nitrogen and oxygen atoms in total. The molecular formula is C18H23ClN2O4S. The van der Waals surface area contributed by atoms with E-state index in [4.69, 9.17) is 11.6 Å². The van der Waals surface area contributed by atoms with Gasteiger partial charge in [0.05, 0.1) is 11.5 Å². The Bertz CT molecular complexity index is 803. The van der Waals surface area contributed by atoms with Crippen LogP contribution in [0, 0.1) is 5.41 Å². The van der Waals surface area contributed by atoms with Crippen molar-refractivity contribution in [2.45, 2.75) is 31.7 Å². The maximum Gasteiger partial charge on any atom is 0.238 e. The Labute approximate surface area is 158 Å². The second kappa shape index (κ2) is 7.19. The Morgan fingerprint density at radius 3 is 2.46 bits per heavy atom. The molecule has 0 radical (unpaired) electrons. The second-order valence-electron chi connectivity index (χ2n) is 7.19. The monoisotopic (exact) mass is 398 g/mol. The van der Waals surface area contributed by atoms with Crippen molar-refractivity contribution in [3.63, 3.8) is 0 Å². The molecule has 1 saturated heterocycles. The van der Waals surface area contributed by atoms with Gasteiger partial charge in [-0.2, -0.15) is 0 Å². The van der Waals surface area contributed by atoms with E-state index in [1.54, 1.807) is 19.2 Å². The van der Waals surface area contributed by atoms with Crippen LogP contribution in [-0.4, -0.2) is 56.3 Å². The van der Waals surface area contributed by atoms with Gasteiger partial charge in [0.2, 0.25) is 11.8 Å². The number of benzene rings is 1. The predicted molar refractivity (Wildman–Crippen MR) is 99.7 cm³/mol. The van der Waals surface area contributed by atoms with Crippen molar-refractivity contribution in [3.8, 4) is 0 Å². The number of hydrogen-bond donors (Lipinski definition) is 1. The van der Waals surface area contributed by atoms with Gasteiger partial charge < -0.3 is 10.2 Å². The summed E-state index contributed by atoms with van der Waals surface area (Å²) in [6.07, 6.45) is 2.13. The van der Waals surface area contributed by atoms with Gasteiger partial charge in [-0.25, -0.2) is 8.42 Å². The molecular weight excluding hydrogens is 376 g/mol. The van der Waals surface area contributed by atoms with Gasteiger partial charge in [-0.1, -0.05) is 23.7 Å². The number of hydrogen-bond acceptors (Lipinski definition) is 4. The molecule has 2 fully saturated rings. The number of halogens is 1. The standard InChI is InChI=1S/C18H23ClN2O4S/c1-21(15-7-11-26(24,25)12-15)17(23)18(8-9-18)16(22)20-10-6-13-2-4-14(19)5-3-13/h2-5,15H,6-12H2,1H3,(H,20,22). The number of carbonyl (C=O) groups excluding carboxylic acids is 2. The van der Waals surface area contributed by atoms with Crippen LogP contribution in [0.5, 0.6) is 0 Å². The Morgan fingerprint density at radius 2 is 1.92 bits per heavy atom. The Hall–Kier alpha value is -1.60. The minimum absolute atomic E-state index is 0.0104. The summed E-state index contributed by atoms with van der Waals surface area (Å²) < 4.78 is 23.3. The first-order valence-electron chi connectivity index (χ1n) is 8.74. The molecule has 1 N–H and O–H groups in total. The molecule has 1 unspecified atom stereocenters. The molecule has 8 heteroatoms. The van der Waals surface area contributed by atoms with E-state index in [9.17, 15) is 18.0 Å². The first kappa shape index (κ1) is 19.2. The van der Waals surface area contributed by atoms with E-state index >= 15 is 0 Å². The van der Waals surface area contributed by atoms with Gasteiger partial charge in [0, 0.05) is 24.7 Å². The highest BCUT2D eigenvalue weighted by Crippen LogP contribution is 2.47. The van der Waals surface area contributed by atoms with Crippen molar-refractivity contribution in [2.75, 3.05) is 25.1 Å². The Balaban J connectivity index is 1.54. The van der Waals surface area contributed by atoms with Crippen LogP contribution in [0.4, 0.5) is 0 Å². The summed E-state index contributed by atoms with van der Waals surface area (Å²) in [4.78, 5) is 26.8. The van der Waals surface area contributed by atoms with Crippen LogP contribution >= 0.6 is 11.6 Å². The summed E-state index contributed by atoms with van der Waals surface area (Å²) in [5.41, 5.74) is 0.0420. The minimum atomic E-state index is -3.07. The van der Waals surface area contributed by atoms with Crippen LogP contribution < -0.4 is 5.32 Å². The maximum atomic E-state index is 12.8. The van der Waals surface area contributed by atoms with Crippen molar-refractivity contribution in [2.24, 2.45) is 5.41 Å². The highest BCUT2D eigenvalue weighted by molar-refractivity contribution is 7.91. The van der Waals surface area contributed by atoms with Crippen LogP contribution in [0.2, 0.25) is 5.02 Å². The van der Waals surface area contributed by atoms with Crippen molar-refractivity contribution in [3.05, 3.63) is 34.9 Å². The quantitative estimate of drug-likeness (QED) is 0.734. The van der Waals surface area contributed by atoms with Gasteiger partial charge in [-0.3, -0.25) is 9.59 Å². The number of rotatable bonds is 6. The molecule has 1 atom stereocenters. The molecule has 1 saturated carbocycles. The molecule has 1 aromatic rings. The molecule has 2 aliphatic rings. The third kappa shape index (κ3) is 4.04. The fraction of sp³-hybridized carbons (Fsp3) is 0.556. The second-order valence-corrected chi connectivity index (χ2v) is 9.85. The van der Waals surface area contributed by atoms with Crippen LogP contribution in [0.1, 0.15) is 24.8 Å². The molecule has 142 valence electrons. The molecule has 1 aliphatic heterocycles. The lowest BCUT2D eigenvalue weighted by Crippen LogP contribution is -2.48. The van der Waals surface area contributed by atoms with Crippen molar-refractivity contribution >= 4 is 33.3 Å². The molecule has 1 aliphatic carbocycles. The molecule has 0 spiro atoms. The van der Waals surface area contributed by atoms with Gasteiger partial charge in [0.25, 0.3) is 0 Å². The molecule has 1 aromatic carbocycles. The summed E-state index contributed by atoms with van der Waals surface area (Å²) in [5.74, 6) is -0.424. The normalized spacial score (nSPS) is 22.6. The van der Waals surface area contributed by atoms with E-state index in [1.165, 1.54) is 4.90 Å². The summed E-state index contributed by atoms with van der Waals surface area (Å²) in [5, 5.41) is 3.52. The smallest absolute Gasteiger partial charge is 0.238 e. The number of nitrogens with one attached hydrogen (secondary N) is 1. The van der Waals surface area contributed by atoms with E-state index in [0.717, 1.165) is 5.56 Å². The average molecular weight is 399 g/mol. The van der Waals surface area contributed by atoms with E-state index in [0.29, 0.717) is 37.3 Å². The maximum absolute atomic E-state index is 12.8. The Kier molecular flexibility index (Phi) is 5.30. The highest BCUT2D eigenvalue weighted by Gasteiger charge is 2.58. The first-order chi connectivity index (χ1) is 12.2. The zero-order valence-corrected chi connectivity index (χ0v) is 16.3. The average Bonchev–Trinajstić information content (AvgIpc) is 3.33. The van der Waals surface area contributed by atoms with Crippen LogP contribution in [0.15, 0.2) is 24.3 Å². The van der Waals surface area contributed by atoms with E-state index < -0.39 is 15.3 Å². The van der Waals surface area contributed by atoms with Crippen LogP contribution in [-0.2, 0) is 25.8 Å². The van der Waals surface area contributed by atoms with Crippen LogP contribution in [0.3, 0.4) is 0 Å². The van der Waals surface area contributed by atoms with Crippen molar-refractivity contribution in [1.29, 1.82) is 0 Å². The molecule has 1 heterocycles. The van der Waals surface area contributed by atoms with Gasteiger partial charge in [-0.05, 0) is 43.4 Å². The lowest BCUT2D eigenvalue weighted by atomic mass is 10.0. The lowest BCUT2D eigenvalue weighted by molar-refractivity contribution is -0.144. The van der Waals surface area contributed by atoms with E-state index in [1.807, 2.05) is 12.1 Å². The minimum Gasteiger partial charge on any atom is -0.355 e. The van der Waals surface area contributed by atoms with Crippen molar-refractivity contribution < 1.29 is 18.0 Å². The number of carbonyl (C=O) groups is 2. The summed E-state index contributed by atoms with van der Waals surface area (Å²) in [6.45, 7) is 0.441. The molecule has 26 heavy (non-hydrogen) atoms. The third-order valence-electron chi connectivity index (χ3n) is 5.28. The zero-order valence-electron chi connectivity index (χ0n) is 14.7. The lowest BCUT2D eigenvalue weighted by Gasteiger charge is -2.27.